The predicted molar refractivity (Wildman–Crippen MR) is 62.1 cm³/mol. The van der Waals surface area contributed by atoms with Crippen molar-refractivity contribution in [2.45, 2.75) is 5.88 Å². The van der Waals surface area contributed by atoms with Crippen LogP contribution in [0.3, 0.4) is 0 Å². The summed E-state index contributed by atoms with van der Waals surface area (Å²) in [5.41, 5.74) is 1.09. The van der Waals surface area contributed by atoms with E-state index in [-0.39, 0.29) is 0 Å². The van der Waals surface area contributed by atoms with E-state index in [2.05, 4.69) is 4.98 Å². The van der Waals surface area contributed by atoms with E-state index in [1.807, 2.05) is 30.5 Å². The van der Waals surface area contributed by atoms with Gasteiger partial charge in [-0.15, -0.1) is 22.9 Å². The highest BCUT2D eigenvalue weighted by Crippen LogP contribution is 2.28. The van der Waals surface area contributed by atoms with Gasteiger partial charge in [-0.2, -0.15) is 0 Å². The Morgan fingerprint density at radius 3 is 2.86 bits per heavy atom. The summed E-state index contributed by atoms with van der Waals surface area (Å²) in [4.78, 5) is 5.28. The molecule has 1 aromatic heterocycles. The number of halogens is 2. The van der Waals surface area contributed by atoms with Crippen LogP contribution in [0.1, 0.15) is 5.01 Å². The average molecular weight is 244 g/mol. The molecule has 1 heterocycles. The number of nitrogens with zero attached hydrogens (tertiary/aromatic N) is 1. The Labute approximate surface area is 96.3 Å². The van der Waals surface area contributed by atoms with Gasteiger partial charge in [0.05, 0.1) is 10.8 Å². The highest BCUT2D eigenvalue weighted by atomic mass is 35.5. The second-order valence-corrected chi connectivity index (χ2v) is 4.58. The molecule has 2 rings (SSSR count). The Hall–Kier alpha value is -0.570. The lowest BCUT2D eigenvalue weighted by Gasteiger charge is -1.95. The molecular weight excluding hydrogens is 237 g/mol. The molecule has 4 heteroatoms. The van der Waals surface area contributed by atoms with Crippen molar-refractivity contribution in [1.82, 2.24) is 4.98 Å². The molecule has 0 amide bonds. The fraction of sp³-hybridized carbons (Fsp3) is 0.100. The fourth-order valence-corrected chi connectivity index (χ4v) is 2.33. The van der Waals surface area contributed by atoms with Crippen molar-refractivity contribution < 1.29 is 0 Å². The van der Waals surface area contributed by atoms with Crippen LogP contribution < -0.4 is 0 Å². The summed E-state index contributed by atoms with van der Waals surface area (Å²) in [6, 6.07) is 7.72. The number of thiazole rings is 1. The molecule has 2 aromatic rings. The topological polar surface area (TPSA) is 12.9 Å². The van der Waals surface area contributed by atoms with Crippen molar-refractivity contribution in [2.24, 2.45) is 0 Å². The van der Waals surface area contributed by atoms with Gasteiger partial charge in [0.25, 0.3) is 0 Å². The van der Waals surface area contributed by atoms with Gasteiger partial charge in [0.1, 0.15) is 5.01 Å². The molecule has 0 aliphatic heterocycles. The zero-order valence-corrected chi connectivity index (χ0v) is 9.53. The Bertz CT molecular complexity index is 439. The minimum absolute atomic E-state index is 0.464. The number of aromatic nitrogens is 1. The third-order valence-electron chi connectivity index (χ3n) is 1.78. The van der Waals surface area contributed by atoms with Gasteiger partial charge in [-0.05, 0) is 17.7 Å². The molecule has 0 fully saturated rings. The lowest BCUT2D eigenvalue weighted by molar-refractivity contribution is 1.26. The molecule has 0 N–H and O–H groups in total. The number of alkyl halides is 1. The normalized spacial score (nSPS) is 10.4. The molecule has 1 aromatic carbocycles. The van der Waals surface area contributed by atoms with Gasteiger partial charge in [0, 0.05) is 11.2 Å². The van der Waals surface area contributed by atoms with E-state index < -0.39 is 0 Å². The quantitative estimate of drug-likeness (QED) is 0.721. The van der Waals surface area contributed by atoms with E-state index in [1.165, 1.54) is 0 Å². The van der Waals surface area contributed by atoms with Crippen molar-refractivity contribution in [3.05, 3.63) is 40.5 Å². The molecule has 72 valence electrons. The molecule has 0 unspecified atom stereocenters. The second-order valence-electron chi connectivity index (χ2n) is 2.76. The van der Waals surface area contributed by atoms with E-state index in [0.717, 1.165) is 20.5 Å². The van der Waals surface area contributed by atoms with Crippen molar-refractivity contribution in [3.63, 3.8) is 0 Å². The van der Waals surface area contributed by atoms with Crippen LogP contribution in [0.2, 0.25) is 5.02 Å². The Kier molecular flexibility index (Phi) is 3.06. The minimum Gasteiger partial charge on any atom is -0.248 e. The van der Waals surface area contributed by atoms with E-state index in [4.69, 9.17) is 23.2 Å². The third-order valence-corrected chi connectivity index (χ3v) is 3.47. The molecule has 0 aliphatic carbocycles. The van der Waals surface area contributed by atoms with Crippen molar-refractivity contribution in [3.8, 4) is 10.4 Å². The highest BCUT2D eigenvalue weighted by molar-refractivity contribution is 7.15. The summed E-state index contributed by atoms with van der Waals surface area (Å²) in [5.74, 6) is 0.464. The van der Waals surface area contributed by atoms with Crippen molar-refractivity contribution in [1.29, 1.82) is 0 Å². The summed E-state index contributed by atoms with van der Waals surface area (Å²) >= 11 is 13.2. The first-order chi connectivity index (χ1) is 6.79. The summed E-state index contributed by atoms with van der Waals surface area (Å²) in [5, 5.41) is 1.67. The summed E-state index contributed by atoms with van der Waals surface area (Å²) in [6.45, 7) is 0. The molecular formula is C10H7Cl2NS. The van der Waals surface area contributed by atoms with Gasteiger partial charge in [-0.3, -0.25) is 0 Å². The molecule has 0 radical (unpaired) electrons. The SMILES string of the molecule is ClCc1ncc(-c2cccc(Cl)c2)s1. The molecule has 14 heavy (non-hydrogen) atoms. The summed E-state index contributed by atoms with van der Waals surface area (Å²) in [7, 11) is 0. The fourth-order valence-electron chi connectivity index (χ4n) is 1.15. The van der Waals surface area contributed by atoms with E-state index in [9.17, 15) is 0 Å². The molecule has 0 aliphatic rings. The average Bonchev–Trinajstić information content (AvgIpc) is 2.66. The predicted octanol–water partition coefficient (Wildman–Crippen LogP) is 4.20. The summed E-state index contributed by atoms with van der Waals surface area (Å²) in [6.07, 6.45) is 1.83. The van der Waals surface area contributed by atoms with Crippen LogP contribution in [0.5, 0.6) is 0 Å². The standard InChI is InChI=1S/C10H7Cl2NS/c11-5-10-13-6-9(14-10)7-2-1-3-8(12)4-7/h1-4,6H,5H2. The van der Waals surface area contributed by atoms with Crippen molar-refractivity contribution in [2.75, 3.05) is 0 Å². The molecule has 1 nitrogen and oxygen atoms in total. The molecule has 0 saturated carbocycles. The van der Waals surface area contributed by atoms with Gasteiger partial charge in [-0.1, -0.05) is 23.7 Å². The van der Waals surface area contributed by atoms with E-state index >= 15 is 0 Å². The maximum Gasteiger partial charge on any atom is 0.108 e. The second kappa shape index (κ2) is 4.30. The summed E-state index contributed by atoms with van der Waals surface area (Å²) < 4.78 is 0. The number of rotatable bonds is 2. The van der Waals surface area contributed by atoms with Crippen LogP contribution >= 0.6 is 34.5 Å². The van der Waals surface area contributed by atoms with E-state index in [0.29, 0.717) is 5.88 Å². The van der Waals surface area contributed by atoms with Gasteiger partial charge in [0.2, 0.25) is 0 Å². The van der Waals surface area contributed by atoms with Crippen LogP contribution in [0, 0.1) is 0 Å². The number of hydrogen-bond donors (Lipinski definition) is 0. The minimum atomic E-state index is 0.464. The van der Waals surface area contributed by atoms with Gasteiger partial charge < -0.3 is 0 Å². The largest absolute Gasteiger partial charge is 0.248 e. The molecule has 0 spiro atoms. The van der Waals surface area contributed by atoms with Crippen LogP contribution in [0.15, 0.2) is 30.5 Å². The zero-order valence-electron chi connectivity index (χ0n) is 7.21. The first kappa shape index (κ1) is 9.97. The molecule has 0 atom stereocenters. The monoisotopic (exact) mass is 243 g/mol. The van der Waals surface area contributed by atoms with E-state index in [1.54, 1.807) is 11.3 Å². The lowest BCUT2D eigenvalue weighted by Crippen LogP contribution is -1.70. The van der Waals surface area contributed by atoms with Crippen LogP contribution in [0.25, 0.3) is 10.4 Å². The Morgan fingerprint density at radius 1 is 1.36 bits per heavy atom. The van der Waals surface area contributed by atoms with Crippen LogP contribution in [-0.4, -0.2) is 4.98 Å². The van der Waals surface area contributed by atoms with Gasteiger partial charge in [0.15, 0.2) is 0 Å². The van der Waals surface area contributed by atoms with Crippen molar-refractivity contribution >= 4 is 34.5 Å². The maximum atomic E-state index is 5.89. The Balaban J connectivity index is 2.39. The zero-order chi connectivity index (χ0) is 9.97. The Morgan fingerprint density at radius 2 is 2.21 bits per heavy atom. The maximum absolute atomic E-state index is 5.89. The first-order valence-corrected chi connectivity index (χ1v) is 5.79. The number of benzene rings is 1. The van der Waals surface area contributed by atoms with Crippen LogP contribution in [0.4, 0.5) is 0 Å². The molecule has 0 bridgehead atoms. The smallest absolute Gasteiger partial charge is 0.108 e. The number of hydrogen-bond acceptors (Lipinski definition) is 2. The highest BCUT2D eigenvalue weighted by Gasteiger charge is 2.03. The third kappa shape index (κ3) is 2.08. The van der Waals surface area contributed by atoms with Gasteiger partial charge >= 0.3 is 0 Å². The van der Waals surface area contributed by atoms with Crippen LogP contribution in [-0.2, 0) is 5.88 Å². The first-order valence-electron chi connectivity index (χ1n) is 4.06. The van der Waals surface area contributed by atoms with Gasteiger partial charge in [-0.25, -0.2) is 4.98 Å². The lowest BCUT2D eigenvalue weighted by atomic mass is 10.2. The molecule has 0 saturated heterocycles.